The van der Waals surface area contributed by atoms with E-state index in [4.69, 9.17) is 13.9 Å². The van der Waals surface area contributed by atoms with Gasteiger partial charge in [0.2, 0.25) is 5.89 Å². The van der Waals surface area contributed by atoms with Gasteiger partial charge < -0.3 is 33.5 Å². The molecule has 220 valence electrons. The Morgan fingerprint density at radius 3 is 2.10 bits per heavy atom. The molecule has 1 aromatic heterocycles. The van der Waals surface area contributed by atoms with Gasteiger partial charge in [0.25, 0.3) is 0 Å². The average molecular weight is 552 g/mol. The van der Waals surface area contributed by atoms with Crippen LogP contribution in [0.5, 0.6) is 11.5 Å². The summed E-state index contributed by atoms with van der Waals surface area (Å²) in [6.45, 7) is 8.48. The number of oxazole rings is 1. The van der Waals surface area contributed by atoms with Crippen molar-refractivity contribution in [1.29, 1.82) is 0 Å². The maximum absolute atomic E-state index is 6.06. The number of benzene rings is 2. The fraction of sp³-hybridized carbons (Fsp3) is 0.594. The van der Waals surface area contributed by atoms with E-state index in [0.29, 0.717) is 18.5 Å². The summed E-state index contributed by atoms with van der Waals surface area (Å²) in [6.07, 6.45) is 6.01. The van der Waals surface area contributed by atoms with Crippen LogP contribution in [0.15, 0.2) is 46.9 Å². The van der Waals surface area contributed by atoms with Gasteiger partial charge in [-0.25, -0.2) is 4.98 Å². The number of hydrogen-bond donors (Lipinski definition) is 0. The number of aromatic nitrogens is 1. The molecule has 0 N–H and O–H groups in total. The highest BCUT2D eigenvalue weighted by atomic mass is 16.5. The fourth-order valence-corrected chi connectivity index (χ4v) is 5.21. The molecular formula is C32H49N5O3. The van der Waals surface area contributed by atoms with Crippen molar-refractivity contribution < 1.29 is 13.9 Å². The number of likely N-dealkylation sites (tertiary alicyclic amines) is 2. The van der Waals surface area contributed by atoms with Gasteiger partial charge in [-0.2, -0.15) is 0 Å². The molecule has 2 aliphatic rings. The minimum absolute atomic E-state index is 0.618. The lowest BCUT2D eigenvalue weighted by molar-refractivity contribution is 0.242. The molecule has 0 aliphatic carbocycles. The molecule has 2 aromatic carbocycles. The third-order valence-corrected chi connectivity index (χ3v) is 7.41. The van der Waals surface area contributed by atoms with Crippen LogP contribution < -0.4 is 9.47 Å². The van der Waals surface area contributed by atoms with Crippen LogP contribution in [0.25, 0.3) is 22.6 Å². The molecule has 5 rings (SSSR count). The van der Waals surface area contributed by atoms with E-state index in [1.54, 1.807) is 0 Å². The van der Waals surface area contributed by atoms with Gasteiger partial charge in [-0.1, -0.05) is 0 Å². The quantitative estimate of drug-likeness (QED) is 0.294. The molecule has 8 nitrogen and oxygen atoms in total. The summed E-state index contributed by atoms with van der Waals surface area (Å²) in [5.41, 5.74) is 2.53. The van der Waals surface area contributed by atoms with Gasteiger partial charge in [-0.15, -0.1) is 0 Å². The molecule has 0 unspecified atom stereocenters. The Hall–Kier alpha value is -2.65. The molecule has 2 fully saturated rings. The predicted molar refractivity (Wildman–Crippen MR) is 163 cm³/mol. The summed E-state index contributed by atoms with van der Waals surface area (Å²) in [5.74, 6) is 2.33. The first-order valence-corrected chi connectivity index (χ1v) is 14.9. The second kappa shape index (κ2) is 15.4. The van der Waals surface area contributed by atoms with Crippen LogP contribution in [0, 0.1) is 0 Å². The van der Waals surface area contributed by atoms with Crippen molar-refractivity contribution in [2.45, 2.75) is 38.1 Å². The Kier molecular flexibility index (Phi) is 11.7. The van der Waals surface area contributed by atoms with Gasteiger partial charge in [-0.3, -0.25) is 0 Å². The predicted octanol–water partition coefficient (Wildman–Crippen LogP) is 4.94. The van der Waals surface area contributed by atoms with E-state index >= 15 is 0 Å². The Balaban J connectivity index is 0.000000867. The Bertz CT molecular complexity index is 1140. The first-order chi connectivity index (χ1) is 19.4. The van der Waals surface area contributed by atoms with Crippen LogP contribution in [0.4, 0.5) is 0 Å². The molecule has 40 heavy (non-hydrogen) atoms. The number of fused-ring (bicyclic) bond motifs is 1. The SMILES string of the molecule is CN(C)C.CN(C)[C@@H]1CCN(CCCOc2ccc3nc(-c4ccc(OCCCN5CCCC5)cc4)oc3c2)C1. The van der Waals surface area contributed by atoms with Gasteiger partial charge in [0.05, 0.1) is 13.2 Å². The normalized spacial score (nSPS) is 18.0. The van der Waals surface area contributed by atoms with Crippen molar-refractivity contribution in [3.63, 3.8) is 0 Å². The summed E-state index contributed by atoms with van der Waals surface area (Å²) in [6, 6.07) is 14.6. The first-order valence-electron chi connectivity index (χ1n) is 14.9. The zero-order valence-corrected chi connectivity index (χ0v) is 25.3. The molecule has 3 aromatic rings. The van der Waals surface area contributed by atoms with Crippen LogP contribution in [-0.4, -0.2) is 118 Å². The van der Waals surface area contributed by atoms with Gasteiger partial charge in [0, 0.05) is 37.3 Å². The minimum Gasteiger partial charge on any atom is -0.494 e. The van der Waals surface area contributed by atoms with Crippen LogP contribution in [0.2, 0.25) is 0 Å². The molecular weight excluding hydrogens is 502 g/mol. The average Bonchev–Trinajstić information content (AvgIpc) is 3.70. The summed E-state index contributed by atoms with van der Waals surface area (Å²) >= 11 is 0. The smallest absolute Gasteiger partial charge is 0.227 e. The number of ether oxygens (including phenoxy) is 2. The Morgan fingerprint density at radius 2 is 1.45 bits per heavy atom. The zero-order valence-electron chi connectivity index (χ0n) is 25.3. The monoisotopic (exact) mass is 551 g/mol. The zero-order chi connectivity index (χ0) is 28.3. The number of nitrogens with zero attached hydrogens (tertiary/aromatic N) is 5. The van der Waals surface area contributed by atoms with Crippen LogP contribution in [0.1, 0.15) is 32.1 Å². The Labute approximate surface area is 240 Å². The largest absolute Gasteiger partial charge is 0.494 e. The van der Waals surface area contributed by atoms with Crippen molar-refractivity contribution in [2.75, 3.05) is 87.7 Å². The fourth-order valence-electron chi connectivity index (χ4n) is 5.21. The lowest BCUT2D eigenvalue weighted by Crippen LogP contribution is -2.32. The molecule has 0 amide bonds. The maximum Gasteiger partial charge on any atom is 0.227 e. The van der Waals surface area contributed by atoms with Crippen LogP contribution >= 0.6 is 0 Å². The minimum atomic E-state index is 0.618. The lowest BCUT2D eigenvalue weighted by atomic mass is 10.2. The highest BCUT2D eigenvalue weighted by molar-refractivity contribution is 5.77. The molecule has 0 spiro atoms. The lowest BCUT2D eigenvalue weighted by Gasteiger charge is -2.20. The van der Waals surface area contributed by atoms with Crippen LogP contribution in [-0.2, 0) is 0 Å². The molecule has 3 heterocycles. The van der Waals surface area contributed by atoms with E-state index in [2.05, 4.69) is 33.8 Å². The molecule has 8 heteroatoms. The summed E-state index contributed by atoms with van der Waals surface area (Å²) in [4.78, 5) is 14.0. The topological polar surface area (TPSA) is 57.5 Å². The third-order valence-electron chi connectivity index (χ3n) is 7.41. The molecule has 2 aliphatic heterocycles. The van der Waals surface area contributed by atoms with Gasteiger partial charge in [-0.05, 0) is 123 Å². The third kappa shape index (κ3) is 9.47. The van der Waals surface area contributed by atoms with E-state index < -0.39 is 0 Å². The number of hydrogen-bond acceptors (Lipinski definition) is 8. The number of likely N-dealkylation sites (N-methyl/N-ethyl adjacent to an activating group) is 1. The van der Waals surface area contributed by atoms with Gasteiger partial charge >= 0.3 is 0 Å². The standard InChI is InChI=1S/C29H40N4O3.C3H9N/c1-31(2)24-13-18-33(22-24)17-6-20-35-26-11-12-27-28(21-26)36-29(30-27)23-7-9-25(10-8-23)34-19-5-16-32-14-3-4-15-32;1-4(2)3/h7-12,21,24H,3-6,13-20,22H2,1-2H3;1-3H3/t24-;/m1./s1. The highest BCUT2D eigenvalue weighted by Gasteiger charge is 2.23. The maximum atomic E-state index is 6.06. The summed E-state index contributed by atoms with van der Waals surface area (Å²) in [7, 11) is 10.3. The van der Waals surface area contributed by atoms with Gasteiger partial charge in [0.1, 0.15) is 17.0 Å². The van der Waals surface area contributed by atoms with Gasteiger partial charge in [0.15, 0.2) is 5.58 Å². The van der Waals surface area contributed by atoms with Crippen molar-refractivity contribution in [3.05, 3.63) is 42.5 Å². The second-order valence-corrected chi connectivity index (χ2v) is 11.7. The van der Waals surface area contributed by atoms with Crippen molar-refractivity contribution in [1.82, 2.24) is 24.6 Å². The Morgan fingerprint density at radius 1 is 0.825 bits per heavy atom. The van der Waals surface area contributed by atoms with E-state index in [9.17, 15) is 0 Å². The molecule has 0 saturated carbocycles. The van der Waals surface area contributed by atoms with E-state index in [0.717, 1.165) is 67.2 Å². The number of rotatable bonds is 12. The summed E-state index contributed by atoms with van der Waals surface area (Å²) in [5, 5.41) is 0. The van der Waals surface area contributed by atoms with E-state index in [1.807, 2.05) is 68.5 Å². The van der Waals surface area contributed by atoms with E-state index in [-0.39, 0.29) is 0 Å². The molecule has 2 saturated heterocycles. The second-order valence-electron chi connectivity index (χ2n) is 11.7. The highest BCUT2D eigenvalue weighted by Crippen LogP contribution is 2.28. The molecule has 0 bridgehead atoms. The molecule has 0 radical (unpaired) electrons. The van der Waals surface area contributed by atoms with Crippen molar-refractivity contribution >= 4 is 11.1 Å². The first kappa shape index (κ1) is 30.3. The summed E-state index contributed by atoms with van der Waals surface area (Å²) < 4.78 is 18.0. The molecule has 1 atom stereocenters. The van der Waals surface area contributed by atoms with E-state index in [1.165, 1.54) is 38.9 Å². The van der Waals surface area contributed by atoms with Crippen molar-refractivity contribution in [3.8, 4) is 23.0 Å². The van der Waals surface area contributed by atoms with Crippen molar-refractivity contribution in [2.24, 2.45) is 0 Å². The van der Waals surface area contributed by atoms with Crippen LogP contribution in [0.3, 0.4) is 0 Å².